The van der Waals surface area contributed by atoms with Crippen LogP contribution in [0, 0.1) is 5.41 Å². The number of ether oxygens (including phenoxy) is 2. The quantitative estimate of drug-likeness (QED) is 0.773. The van der Waals surface area contributed by atoms with Crippen molar-refractivity contribution < 1.29 is 19.4 Å². The Bertz CT molecular complexity index is 752. The summed E-state index contributed by atoms with van der Waals surface area (Å²) in [6.45, 7) is 5.79. The van der Waals surface area contributed by atoms with Crippen LogP contribution in [0.1, 0.15) is 38.0 Å². The van der Waals surface area contributed by atoms with Gasteiger partial charge in [-0.2, -0.15) is 0 Å². The molecule has 0 aromatic heterocycles. The van der Waals surface area contributed by atoms with Gasteiger partial charge in [0.05, 0.1) is 0 Å². The lowest BCUT2D eigenvalue weighted by Gasteiger charge is -2.32. The van der Waals surface area contributed by atoms with E-state index in [4.69, 9.17) is 9.47 Å². The Balaban J connectivity index is 2.11. The van der Waals surface area contributed by atoms with Crippen molar-refractivity contribution in [2.75, 3.05) is 0 Å². The number of aliphatic hydroxyl groups is 1. The van der Waals surface area contributed by atoms with Crippen LogP contribution < -0.4 is 0 Å². The largest absolute Gasteiger partial charge is 0.433 e. The lowest BCUT2D eigenvalue weighted by Crippen LogP contribution is -2.41. The number of carbonyl (C=O) groups excluding carboxylic acids is 1. The summed E-state index contributed by atoms with van der Waals surface area (Å²) in [7, 11) is 0. The van der Waals surface area contributed by atoms with E-state index in [1.807, 2.05) is 51.1 Å². The van der Waals surface area contributed by atoms with Crippen LogP contribution in [0.3, 0.4) is 0 Å². The van der Waals surface area contributed by atoms with E-state index in [9.17, 15) is 9.90 Å². The third-order valence-corrected chi connectivity index (χ3v) is 4.82. The molecule has 0 bridgehead atoms. The van der Waals surface area contributed by atoms with E-state index in [0.717, 1.165) is 4.47 Å². The molecular weight excluding hydrogens is 384 g/mol. The highest BCUT2D eigenvalue weighted by Crippen LogP contribution is 2.48. The zero-order chi connectivity index (χ0) is 18.2. The van der Waals surface area contributed by atoms with Gasteiger partial charge < -0.3 is 14.6 Å². The van der Waals surface area contributed by atoms with Crippen LogP contribution in [0.4, 0.5) is 0 Å². The summed E-state index contributed by atoms with van der Waals surface area (Å²) in [5.41, 5.74) is -0.848. The molecule has 25 heavy (non-hydrogen) atoms. The van der Waals surface area contributed by atoms with Gasteiger partial charge in [0.1, 0.15) is 6.10 Å². The highest BCUT2D eigenvalue weighted by molar-refractivity contribution is 9.10. The molecule has 1 aliphatic rings. The van der Waals surface area contributed by atoms with E-state index >= 15 is 0 Å². The van der Waals surface area contributed by atoms with E-state index in [1.165, 1.54) is 0 Å². The van der Waals surface area contributed by atoms with Crippen LogP contribution in [-0.2, 0) is 19.9 Å². The van der Waals surface area contributed by atoms with Crippen molar-refractivity contribution in [3.8, 4) is 0 Å². The fraction of sp³-hybridized carbons (Fsp3) is 0.350. The first-order valence-corrected chi connectivity index (χ1v) is 8.92. The Hall–Kier alpha value is -1.69. The van der Waals surface area contributed by atoms with Crippen LogP contribution in [0.2, 0.25) is 0 Å². The number of halogens is 1. The number of esters is 1. The zero-order valence-corrected chi connectivity index (χ0v) is 16.0. The molecule has 2 aromatic rings. The number of aliphatic hydroxyl groups excluding tert-OH is 1. The molecule has 1 aliphatic heterocycles. The molecule has 2 aromatic carbocycles. The minimum atomic E-state index is -1.59. The summed E-state index contributed by atoms with van der Waals surface area (Å²) in [6.07, 6.45) is -1.94. The molecule has 1 heterocycles. The SMILES string of the molecule is CC(C)(C)[C@@H]1OC(=O)[C@@](c2ccccc2)([C@@H](O)c2ccc(Br)cc2)O1. The second kappa shape index (κ2) is 6.56. The fourth-order valence-corrected chi connectivity index (χ4v) is 3.13. The number of rotatable bonds is 3. The third kappa shape index (κ3) is 3.24. The Morgan fingerprint density at radius 3 is 2.20 bits per heavy atom. The van der Waals surface area contributed by atoms with Gasteiger partial charge >= 0.3 is 5.97 Å². The van der Waals surface area contributed by atoms with Gasteiger partial charge in [0.2, 0.25) is 11.9 Å². The van der Waals surface area contributed by atoms with Crippen molar-refractivity contribution in [1.29, 1.82) is 0 Å². The zero-order valence-electron chi connectivity index (χ0n) is 14.4. The molecule has 3 rings (SSSR count). The van der Waals surface area contributed by atoms with Crippen LogP contribution in [0.15, 0.2) is 59.1 Å². The molecule has 0 aliphatic carbocycles. The first-order valence-electron chi connectivity index (χ1n) is 8.13. The minimum Gasteiger partial charge on any atom is -0.433 e. The summed E-state index contributed by atoms with van der Waals surface area (Å²) in [5.74, 6) is -0.575. The van der Waals surface area contributed by atoms with Gasteiger partial charge in [-0.15, -0.1) is 0 Å². The maximum Gasteiger partial charge on any atom is 0.348 e. The van der Waals surface area contributed by atoms with Gasteiger partial charge in [-0.05, 0) is 23.3 Å². The maximum absolute atomic E-state index is 12.9. The highest BCUT2D eigenvalue weighted by Gasteiger charge is 2.59. The Labute approximate surface area is 155 Å². The predicted octanol–water partition coefficient (Wildman–Crippen LogP) is 4.32. The van der Waals surface area contributed by atoms with Crippen molar-refractivity contribution in [1.82, 2.24) is 0 Å². The minimum absolute atomic E-state index is 0.411. The van der Waals surface area contributed by atoms with Crippen LogP contribution in [0.25, 0.3) is 0 Å². The number of hydrogen-bond donors (Lipinski definition) is 1. The Morgan fingerprint density at radius 2 is 1.68 bits per heavy atom. The van der Waals surface area contributed by atoms with Gasteiger partial charge in [-0.1, -0.05) is 79.2 Å². The number of cyclic esters (lactones) is 1. The first-order chi connectivity index (χ1) is 11.7. The molecule has 5 heteroatoms. The maximum atomic E-state index is 12.9. The van der Waals surface area contributed by atoms with Gasteiger partial charge in [0.25, 0.3) is 0 Å². The second-order valence-electron chi connectivity index (χ2n) is 7.28. The standard InChI is InChI=1S/C20H21BrO4/c1-19(2,3)18-24-17(23)20(25-18,14-7-5-4-6-8-14)16(22)13-9-11-15(21)12-10-13/h4-12,16,18,22H,1-3H3/t16-,18+,20+/m0/s1. The molecular formula is C20H21BrO4. The summed E-state index contributed by atoms with van der Waals surface area (Å²) in [6, 6.07) is 16.2. The molecule has 0 spiro atoms. The molecule has 1 N–H and O–H groups in total. The normalized spacial score (nSPS) is 24.8. The van der Waals surface area contributed by atoms with E-state index in [2.05, 4.69) is 15.9 Å². The number of benzene rings is 2. The van der Waals surface area contributed by atoms with Crippen molar-refractivity contribution in [3.05, 3.63) is 70.2 Å². The van der Waals surface area contributed by atoms with Crippen LogP contribution >= 0.6 is 15.9 Å². The molecule has 1 fully saturated rings. The number of hydrogen-bond acceptors (Lipinski definition) is 4. The molecule has 132 valence electrons. The van der Waals surface area contributed by atoms with E-state index in [-0.39, 0.29) is 0 Å². The lowest BCUT2D eigenvalue weighted by molar-refractivity contribution is -0.175. The molecule has 4 nitrogen and oxygen atoms in total. The first kappa shape index (κ1) is 18.1. The van der Waals surface area contributed by atoms with Crippen LogP contribution in [-0.4, -0.2) is 17.4 Å². The van der Waals surface area contributed by atoms with Gasteiger partial charge in [0.15, 0.2) is 0 Å². The monoisotopic (exact) mass is 404 g/mol. The third-order valence-electron chi connectivity index (χ3n) is 4.29. The van der Waals surface area contributed by atoms with Crippen molar-refractivity contribution in [3.63, 3.8) is 0 Å². The molecule has 0 unspecified atom stereocenters. The molecule has 0 radical (unpaired) electrons. The smallest absolute Gasteiger partial charge is 0.348 e. The summed E-state index contributed by atoms with van der Waals surface area (Å²) < 4.78 is 12.5. The van der Waals surface area contributed by atoms with E-state index < -0.39 is 29.4 Å². The van der Waals surface area contributed by atoms with Crippen molar-refractivity contribution in [2.45, 2.75) is 38.8 Å². The van der Waals surface area contributed by atoms with E-state index in [0.29, 0.717) is 11.1 Å². The number of carbonyl (C=O) groups is 1. The average Bonchev–Trinajstić information content (AvgIpc) is 2.94. The van der Waals surface area contributed by atoms with Crippen molar-refractivity contribution in [2.24, 2.45) is 5.41 Å². The fourth-order valence-electron chi connectivity index (χ4n) is 2.86. The predicted molar refractivity (Wildman–Crippen MR) is 97.6 cm³/mol. The van der Waals surface area contributed by atoms with Crippen molar-refractivity contribution >= 4 is 21.9 Å². The Kier molecular flexibility index (Phi) is 4.75. The Morgan fingerprint density at radius 1 is 1.08 bits per heavy atom. The summed E-state index contributed by atoms with van der Waals surface area (Å²) in [5, 5.41) is 11.1. The summed E-state index contributed by atoms with van der Waals surface area (Å²) >= 11 is 3.38. The van der Waals surface area contributed by atoms with Crippen LogP contribution in [0.5, 0.6) is 0 Å². The second-order valence-corrected chi connectivity index (χ2v) is 8.19. The molecule has 0 saturated carbocycles. The highest BCUT2D eigenvalue weighted by atomic mass is 79.9. The topological polar surface area (TPSA) is 55.8 Å². The molecule has 3 atom stereocenters. The lowest BCUT2D eigenvalue weighted by atomic mass is 9.84. The molecule has 1 saturated heterocycles. The summed E-state index contributed by atoms with van der Waals surface area (Å²) in [4.78, 5) is 12.9. The average molecular weight is 405 g/mol. The van der Waals surface area contributed by atoms with Gasteiger partial charge in [-0.3, -0.25) is 0 Å². The van der Waals surface area contributed by atoms with Gasteiger partial charge in [0, 0.05) is 9.89 Å². The van der Waals surface area contributed by atoms with E-state index in [1.54, 1.807) is 24.3 Å². The van der Waals surface area contributed by atoms with Gasteiger partial charge in [-0.25, -0.2) is 4.79 Å². The molecule has 0 amide bonds.